The van der Waals surface area contributed by atoms with E-state index in [9.17, 15) is 0 Å². The van der Waals surface area contributed by atoms with Crippen LogP contribution in [-0.2, 0) is 9.47 Å². The van der Waals surface area contributed by atoms with E-state index in [2.05, 4.69) is 0 Å². The van der Waals surface area contributed by atoms with Crippen molar-refractivity contribution in [1.29, 1.82) is 0 Å². The maximum Gasteiger partial charge on any atom is 0.185 e. The van der Waals surface area contributed by atoms with E-state index in [0.29, 0.717) is 23.2 Å². The van der Waals surface area contributed by atoms with E-state index in [1.54, 1.807) is 6.07 Å². The Bertz CT molecular complexity index is 359. The summed E-state index contributed by atoms with van der Waals surface area (Å²) in [4.78, 5) is 0. The van der Waals surface area contributed by atoms with Crippen LogP contribution < -0.4 is 5.73 Å². The topological polar surface area (TPSA) is 44.5 Å². The Morgan fingerprint density at radius 2 is 2.20 bits per heavy atom. The van der Waals surface area contributed by atoms with E-state index in [1.165, 1.54) is 0 Å². The van der Waals surface area contributed by atoms with Crippen LogP contribution in [0.2, 0.25) is 10.0 Å². The lowest BCUT2D eigenvalue weighted by Gasteiger charge is -2.12. The second-order valence-corrected chi connectivity index (χ2v) is 4.09. The molecule has 1 aromatic carbocycles. The Kier molecular flexibility index (Phi) is 3.49. The van der Waals surface area contributed by atoms with Gasteiger partial charge in [-0.15, -0.1) is 0 Å². The van der Waals surface area contributed by atoms with Crippen molar-refractivity contribution in [1.82, 2.24) is 0 Å². The minimum absolute atomic E-state index is 0.0648. The monoisotopic (exact) mass is 247 g/mol. The summed E-state index contributed by atoms with van der Waals surface area (Å²) in [5, 5.41) is 0.972. The molecule has 1 heterocycles. The molecule has 15 heavy (non-hydrogen) atoms. The standard InChI is InChI=1S/C10H11Cl2NO2/c11-8-3-1-2-7(9(8)12)10-14-5-6(4-13)15-10/h1-3,6,10H,4-5,13H2. The van der Waals surface area contributed by atoms with Crippen molar-refractivity contribution >= 4 is 23.2 Å². The molecule has 2 N–H and O–H groups in total. The summed E-state index contributed by atoms with van der Waals surface area (Å²) < 4.78 is 11.0. The van der Waals surface area contributed by atoms with Crippen LogP contribution in [0.15, 0.2) is 18.2 Å². The molecule has 2 atom stereocenters. The molecule has 1 aliphatic rings. The largest absolute Gasteiger partial charge is 0.346 e. The molecule has 0 bridgehead atoms. The Hall–Kier alpha value is -0.320. The third kappa shape index (κ3) is 2.27. The predicted molar refractivity (Wildman–Crippen MR) is 59.1 cm³/mol. The number of rotatable bonds is 2. The van der Waals surface area contributed by atoms with Gasteiger partial charge in [-0.05, 0) is 6.07 Å². The van der Waals surface area contributed by atoms with Crippen LogP contribution in [0.5, 0.6) is 0 Å². The van der Waals surface area contributed by atoms with Gasteiger partial charge in [0, 0.05) is 12.1 Å². The van der Waals surface area contributed by atoms with Gasteiger partial charge in [0.1, 0.15) is 0 Å². The maximum atomic E-state index is 6.04. The number of halogens is 2. The lowest BCUT2D eigenvalue weighted by atomic mass is 10.2. The van der Waals surface area contributed by atoms with Gasteiger partial charge in [0.05, 0.1) is 22.8 Å². The van der Waals surface area contributed by atoms with E-state index >= 15 is 0 Å². The lowest BCUT2D eigenvalue weighted by Crippen LogP contribution is -2.21. The zero-order chi connectivity index (χ0) is 10.8. The van der Waals surface area contributed by atoms with Crippen molar-refractivity contribution in [2.75, 3.05) is 13.2 Å². The van der Waals surface area contributed by atoms with Gasteiger partial charge in [-0.3, -0.25) is 0 Å². The molecular formula is C10H11Cl2NO2. The Labute approximate surface area is 98.1 Å². The van der Waals surface area contributed by atoms with Crippen LogP contribution in [0, 0.1) is 0 Å². The van der Waals surface area contributed by atoms with Crippen molar-refractivity contribution in [3.8, 4) is 0 Å². The summed E-state index contributed by atoms with van der Waals surface area (Å²) in [6, 6.07) is 5.37. The minimum Gasteiger partial charge on any atom is -0.346 e. The third-order valence-corrected chi connectivity index (χ3v) is 3.08. The van der Waals surface area contributed by atoms with E-state index in [1.807, 2.05) is 12.1 Å². The summed E-state index contributed by atoms with van der Waals surface area (Å²) in [5.74, 6) is 0. The average Bonchev–Trinajstić information content (AvgIpc) is 2.70. The van der Waals surface area contributed by atoms with Crippen LogP contribution in [0.4, 0.5) is 0 Å². The molecule has 0 aromatic heterocycles. The summed E-state index contributed by atoms with van der Waals surface area (Å²) in [6.07, 6.45) is -0.519. The molecule has 1 aliphatic heterocycles. The van der Waals surface area contributed by atoms with Crippen LogP contribution in [-0.4, -0.2) is 19.3 Å². The van der Waals surface area contributed by atoms with Crippen molar-refractivity contribution in [2.24, 2.45) is 5.73 Å². The van der Waals surface area contributed by atoms with Gasteiger partial charge < -0.3 is 15.2 Å². The van der Waals surface area contributed by atoms with Gasteiger partial charge >= 0.3 is 0 Å². The molecule has 2 unspecified atom stereocenters. The van der Waals surface area contributed by atoms with Crippen molar-refractivity contribution in [3.05, 3.63) is 33.8 Å². The van der Waals surface area contributed by atoms with Gasteiger partial charge in [0.15, 0.2) is 6.29 Å². The fourth-order valence-corrected chi connectivity index (χ4v) is 1.83. The van der Waals surface area contributed by atoms with E-state index in [-0.39, 0.29) is 6.10 Å². The normalized spacial score (nSPS) is 25.8. The average molecular weight is 248 g/mol. The number of nitrogens with two attached hydrogens (primary N) is 1. The maximum absolute atomic E-state index is 6.04. The first kappa shape index (κ1) is 11.2. The first-order valence-corrected chi connectivity index (χ1v) is 5.39. The highest BCUT2D eigenvalue weighted by Gasteiger charge is 2.28. The number of hydrogen-bond acceptors (Lipinski definition) is 3. The summed E-state index contributed by atoms with van der Waals surface area (Å²) in [5.41, 5.74) is 6.23. The molecule has 0 saturated carbocycles. The van der Waals surface area contributed by atoms with Crippen LogP contribution in [0.3, 0.4) is 0 Å². The summed E-state index contributed by atoms with van der Waals surface area (Å²) >= 11 is 11.9. The minimum atomic E-state index is -0.454. The first-order chi connectivity index (χ1) is 7.22. The molecule has 1 saturated heterocycles. The summed E-state index contributed by atoms with van der Waals surface area (Å²) in [6.45, 7) is 0.929. The van der Waals surface area contributed by atoms with Gasteiger partial charge in [-0.2, -0.15) is 0 Å². The fourth-order valence-electron chi connectivity index (χ4n) is 1.44. The third-order valence-electron chi connectivity index (χ3n) is 2.25. The zero-order valence-electron chi connectivity index (χ0n) is 7.95. The van der Waals surface area contributed by atoms with Gasteiger partial charge in [-0.25, -0.2) is 0 Å². The Morgan fingerprint density at radius 1 is 1.40 bits per heavy atom. The number of ether oxygens (including phenoxy) is 2. The lowest BCUT2D eigenvalue weighted by molar-refractivity contribution is -0.0584. The smallest absolute Gasteiger partial charge is 0.185 e. The molecular weight excluding hydrogens is 237 g/mol. The Balaban J connectivity index is 2.20. The van der Waals surface area contributed by atoms with Crippen molar-refractivity contribution in [3.63, 3.8) is 0 Å². The second-order valence-electron chi connectivity index (χ2n) is 3.30. The van der Waals surface area contributed by atoms with E-state index < -0.39 is 6.29 Å². The van der Waals surface area contributed by atoms with Crippen LogP contribution in [0.25, 0.3) is 0 Å². The highest BCUT2D eigenvalue weighted by atomic mass is 35.5. The highest BCUT2D eigenvalue weighted by molar-refractivity contribution is 6.42. The molecule has 2 rings (SSSR count). The molecule has 0 amide bonds. The molecule has 1 fully saturated rings. The zero-order valence-corrected chi connectivity index (χ0v) is 9.46. The first-order valence-electron chi connectivity index (χ1n) is 4.63. The van der Waals surface area contributed by atoms with Gasteiger partial charge in [0.25, 0.3) is 0 Å². The second kappa shape index (κ2) is 4.68. The van der Waals surface area contributed by atoms with E-state index in [0.717, 1.165) is 5.56 Å². The molecule has 82 valence electrons. The molecule has 0 aliphatic carbocycles. The molecule has 5 heteroatoms. The van der Waals surface area contributed by atoms with Crippen molar-refractivity contribution < 1.29 is 9.47 Å². The quantitative estimate of drug-likeness (QED) is 0.873. The molecule has 0 radical (unpaired) electrons. The van der Waals surface area contributed by atoms with Crippen LogP contribution >= 0.6 is 23.2 Å². The Morgan fingerprint density at radius 3 is 2.87 bits per heavy atom. The van der Waals surface area contributed by atoms with Gasteiger partial charge in [-0.1, -0.05) is 35.3 Å². The fraction of sp³-hybridized carbons (Fsp3) is 0.400. The van der Waals surface area contributed by atoms with Crippen molar-refractivity contribution in [2.45, 2.75) is 12.4 Å². The molecule has 1 aromatic rings. The molecule has 0 spiro atoms. The van der Waals surface area contributed by atoms with E-state index in [4.69, 9.17) is 38.4 Å². The SMILES string of the molecule is NCC1COC(c2cccc(Cl)c2Cl)O1. The number of benzene rings is 1. The number of hydrogen-bond donors (Lipinski definition) is 1. The summed E-state index contributed by atoms with van der Waals surface area (Å²) in [7, 11) is 0. The predicted octanol–water partition coefficient (Wildman–Crippen LogP) is 2.37. The highest BCUT2D eigenvalue weighted by Crippen LogP contribution is 2.35. The van der Waals surface area contributed by atoms with Gasteiger partial charge in [0.2, 0.25) is 0 Å². The molecule has 3 nitrogen and oxygen atoms in total. The van der Waals surface area contributed by atoms with Crippen LogP contribution in [0.1, 0.15) is 11.9 Å².